The second-order valence-electron chi connectivity index (χ2n) is 6.36. The Morgan fingerprint density at radius 3 is 2.08 bits per heavy atom. The number of hydrogen-bond donors (Lipinski definition) is 0. The fourth-order valence-corrected chi connectivity index (χ4v) is 4.21. The number of carbonyl (C=O) groups excluding carboxylic acids is 1. The van der Waals surface area contributed by atoms with Gasteiger partial charge >= 0.3 is 7.60 Å². The highest BCUT2D eigenvalue weighted by atomic mass is 31.2. The summed E-state index contributed by atoms with van der Waals surface area (Å²) in [6.07, 6.45) is 11.5. The predicted molar refractivity (Wildman–Crippen MR) is 97.9 cm³/mol. The lowest BCUT2D eigenvalue weighted by Gasteiger charge is -2.14. The van der Waals surface area contributed by atoms with Crippen LogP contribution in [-0.2, 0) is 18.4 Å². The number of Topliss-reactive ketones (excluding diaryl/α,β-unsaturated/α-hetero) is 1. The summed E-state index contributed by atoms with van der Waals surface area (Å²) >= 11 is 0. The van der Waals surface area contributed by atoms with Crippen LogP contribution >= 0.6 is 7.60 Å². The lowest BCUT2D eigenvalue weighted by molar-refractivity contribution is -0.123. The molecule has 1 saturated carbocycles. The molecule has 0 aliphatic heterocycles. The van der Waals surface area contributed by atoms with Crippen molar-refractivity contribution in [2.45, 2.75) is 84.5 Å². The maximum Gasteiger partial charge on any atom is 0.405 e. The molecule has 0 radical (unpaired) electrons. The zero-order valence-corrected chi connectivity index (χ0v) is 16.2. The molecule has 0 amide bonds. The van der Waals surface area contributed by atoms with Gasteiger partial charge in [-0.05, 0) is 26.7 Å². The van der Waals surface area contributed by atoms with Crippen molar-refractivity contribution in [2.24, 2.45) is 5.92 Å². The normalized spacial score (nSPS) is 21.2. The molecule has 1 fully saturated rings. The van der Waals surface area contributed by atoms with Crippen LogP contribution in [0.1, 0.15) is 84.5 Å². The molecule has 1 atom stereocenters. The van der Waals surface area contributed by atoms with Gasteiger partial charge in [-0.1, -0.05) is 50.9 Å². The van der Waals surface area contributed by atoms with Gasteiger partial charge in [0.2, 0.25) is 0 Å². The molecule has 0 bridgehead atoms. The Kier molecular flexibility index (Phi) is 11.3. The fraction of sp³-hybridized carbons (Fsp3) is 0.842. The largest absolute Gasteiger partial charge is 0.405 e. The van der Waals surface area contributed by atoms with Crippen molar-refractivity contribution in [1.82, 2.24) is 0 Å². The minimum Gasteiger partial charge on any atom is -0.300 e. The van der Waals surface area contributed by atoms with Crippen LogP contribution in [0.5, 0.6) is 0 Å². The SMILES string of the molecule is CCOP(=O)(C#CCC1CCCCCCCCCCC1=O)OCC. The number of carbonyl (C=O) groups is 1. The van der Waals surface area contributed by atoms with Gasteiger partial charge in [0.05, 0.1) is 13.2 Å². The minimum absolute atomic E-state index is 0.0337. The van der Waals surface area contributed by atoms with Crippen LogP contribution in [0.3, 0.4) is 0 Å². The van der Waals surface area contributed by atoms with Crippen molar-refractivity contribution >= 4 is 13.4 Å². The Labute approximate surface area is 147 Å². The van der Waals surface area contributed by atoms with E-state index in [0.29, 0.717) is 31.8 Å². The Morgan fingerprint density at radius 2 is 1.50 bits per heavy atom. The van der Waals surface area contributed by atoms with E-state index >= 15 is 0 Å². The molecule has 1 aliphatic rings. The predicted octanol–water partition coefficient (Wildman–Crippen LogP) is 5.70. The summed E-state index contributed by atoms with van der Waals surface area (Å²) in [5.41, 5.74) is 2.66. The van der Waals surface area contributed by atoms with E-state index in [2.05, 4.69) is 11.6 Å². The van der Waals surface area contributed by atoms with Crippen LogP contribution in [0.4, 0.5) is 0 Å². The van der Waals surface area contributed by atoms with Crippen LogP contribution in [0, 0.1) is 17.5 Å². The highest BCUT2D eigenvalue weighted by Crippen LogP contribution is 2.46. The molecule has 1 rings (SSSR count). The van der Waals surface area contributed by atoms with Crippen molar-refractivity contribution < 1.29 is 18.4 Å². The van der Waals surface area contributed by atoms with Gasteiger partial charge in [-0.3, -0.25) is 13.8 Å². The molecule has 0 spiro atoms. The smallest absolute Gasteiger partial charge is 0.300 e. The molecule has 0 aromatic rings. The second kappa shape index (κ2) is 12.7. The first-order chi connectivity index (χ1) is 11.6. The molecule has 0 aromatic heterocycles. The van der Waals surface area contributed by atoms with E-state index in [1.54, 1.807) is 13.8 Å². The second-order valence-corrected chi connectivity index (χ2v) is 8.09. The Morgan fingerprint density at radius 1 is 0.958 bits per heavy atom. The summed E-state index contributed by atoms with van der Waals surface area (Å²) in [7, 11) is -3.33. The summed E-state index contributed by atoms with van der Waals surface area (Å²) in [5.74, 6) is 3.20. The van der Waals surface area contributed by atoms with Crippen LogP contribution < -0.4 is 0 Å². The molecular weight excluding hydrogens is 323 g/mol. The van der Waals surface area contributed by atoms with E-state index in [1.807, 2.05) is 0 Å². The van der Waals surface area contributed by atoms with Gasteiger partial charge < -0.3 is 0 Å². The molecule has 0 heterocycles. The molecule has 1 aliphatic carbocycles. The molecule has 0 aromatic carbocycles. The molecular formula is C19H33O4P. The highest BCUT2D eigenvalue weighted by molar-refractivity contribution is 7.59. The first-order valence-corrected chi connectivity index (χ1v) is 11.1. The van der Waals surface area contributed by atoms with Crippen molar-refractivity contribution in [3.8, 4) is 11.6 Å². The summed E-state index contributed by atoms with van der Waals surface area (Å²) in [4.78, 5) is 12.4. The van der Waals surface area contributed by atoms with Gasteiger partial charge in [0, 0.05) is 24.4 Å². The van der Waals surface area contributed by atoms with E-state index in [1.165, 1.54) is 32.1 Å². The van der Waals surface area contributed by atoms with E-state index in [0.717, 1.165) is 25.7 Å². The summed E-state index contributed by atoms with van der Waals surface area (Å²) in [6.45, 7) is 4.13. The molecule has 0 saturated heterocycles. The molecule has 1 unspecified atom stereocenters. The average molecular weight is 356 g/mol. The maximum atomic E-state index is 12.4. The third kappa shape index (κ3) is 9.02. The Balaban J connectivity index is 2.64. The van der Waals surface area contributed by atoms with Crippen LogP contribution in [-0.4, -0.2) is 19.0 Å². The van der Waals surface area contributed by atoms with Crippen LogP contribution in [0.2, 0.25) is 0 Å². The van der Waals surface area contributed by atoms with E-state index in [9.17, 15) is 9.36 Å². The van der Waals surface area contributed by atoms with Gasteiger partial charge in [-0.2, -0.15) is 0 Å². The average Bonchev–Trinajstić information content (AvgIpc) is 2.53. The van der Waals surface area contributed by atoms with Gasteiger partial charge in [0.15, 0.2) is 0 Å². The lowest BCUT2D eigenvalue weighted by Crippen LogP contribution is -2.14. The zero-order valence-electron chi connectivity index (χ0n) is 15.3. The van der Waals surface area contributed by atoms with Gasteiger partial charge in [-0.15, -0.1) is 0 Å². The number of rotatable bonds is 5. The maximum absolute atomic E-state index is 12.4. The van der Waals surface area contributed by atoms with Gasteiger partial charge in [0.1, 0.15) is 5.78 Å². The first kappa shape index (κ1) is 21.4. The first-order valence-electron chi connectivity index (χ1n) is 9.53. The molecule has 24 heavy (non-hydrogen) atoms. The highest BCUT2D eigenvalue weighted by Gasteiger charge is 2.21. The van der Waals surface area contributed by atoms with Crippen molar-refractivity contribution in [1.29, 1.82) is 0 Å². The van der Waals surface area contributed by atoms with Gasteiger partial charge in [0.25, 0.3) is 0 Å². The quantitative estimate of drug-likeness (QED) is 0.468. The Bertz CT molecular complexity index is 454. The van der Waals surface area contributed by atoms with Crippen molar-refractivity contribution in [3.63, 3.8) is 0 Å². The fourth-order valence-electron chi connectivity index (χ4n) is 3.04. The number of hydrogen-bond acceptors (Lipinski definition) is 4. The molecule has 4 nitrogen and oxygen atoms in total. The van der Waals surface area contributed by atoms with Gasteiger partial charge in [-0.25, -0.2) is 4.57 Å². The standard InChI is InChI=1S/C19H33O4P/c1-3-22-24(21,23-4-2)17-13-15-18-14-11-9-7-5-6-8-10-12-16-19(18)20/h18H,3-12,14-16H2,1-2H3. The van der Waals surface area contributed by atoms with Crippen molar-refractivity contribution in [3.05, 3.63) is 0 Å². The summed E-state index contributed by atoms with van der Waals surface area (Å²) in [6, 6.07) is 0. The number of ketones is 1. The summed E-state index contributed by atoms with van der Waals surface area (Å²) < 4.78 is 22.7. The van der Waals surface area contributed by atoms with Crippen molar-refractivity contribution in [2.75, 3.05) is 13.2 Å². The molecule has 0 N–H and O–H groups in total. The van der Waals surface area contributed by atoms with E-state index < -0.39 is 7.60 Å². The Hall–Kier alpha value is -0.620. The van der Waals surface area contributed by atoms with Crippen LogP contribution in [0.15, 0.2) is 0 Å². The van der Waals surface area contributed by atoms with Crippen LogP contribution in [0.25, 0.3) is 0 Å². The lowest BCUT2D eigenvalue weighted by atomic mass is 9.90. The summed E-state index contributed by atoms with van der Waals surface area (Å²) in [5, 5.41) is 0. The topological polar surface area (TPSA) is 52.6 Å². The molecule has 138 valence electrons. The monoisotopic (exact) mass is 356 g/mol. The van der Waals surface area contributed by atoms with E-state index in [-0.39, 0.29) is 5.92 Å². The minimum atomic E-state index is -3.33. The zero-order chi connectivity index (χ0) is 17.7. The van der Waals surface area contributed by atoms with E-state index in [4.69, 9.17) is 9.05 Å². The third-order valence-electron chi connectivity index (χ3n) is 4.34. The third-order valence-corrected chi connectivity index (χ3v) is 5.97. The molecule has 5 heteroatoms.